The van der Waals surface area contributed by atoms with Gasteiger partial charge in [-0.05, 0) is 37.5 Å². The average Bonchev–Trinajstić information content (AvgIpc) is 2.97. The van der Waals surface area contributed by atoms with Gasteiger partial charge in [-0.25, -0.2) is 0 Å². The van der Waals surface area contributed by atoms with Crippen LogP contribution in [0.25, 0.3) is 0 Å². The summed E-state index contributed by atoms with van der Waals surface area (Å²) in [5.41, 5.74) is 5.15. The Balaban J connectivity index is 0. The molecule has 4 atom stereocenters. The molecule has 0 aromatic carbocycles. The van der Waals surface area contributed by atoms with E-state index in [2.05, 4.69) is 18.6 Å². The summed E-state index contributed by atoms with van der Waals surface area (Å²) in [5.74, 6) is 1.29. The third-order valence-electron chi connectivity index (χ3n) is 4.59. The van der Waals surface area contributed by atoms with E-state index in [-0.39, 0.29) is 35.3 Å². The van der Waals surface area contributed by atoms with Crippen LogP contribution in [0.5, 0.6) is 0 Å². The van der Waals surface area contributed by atoms with Crippen molar-refractivity contribution in [2.45, 2.75) is 52.4 Å². The normalized spacial score (nSPS) is 30.2. The minimum atomic E-state index is -0.111. The van der Waals surface area contributed by atoms with Gasteiger partial charge in [0.25, 0.3) is 0 Å². The van der Waals surface area contributed by atoms with Crippen LogP contribution in [0.4, 0.5) is 0 Å². The lowest BCUT2D eigenvalue weighted by Gasteiger charge is -2.11. The molecule has 6 heteroatoms. The second-order valence-corrected chi connectivity index (χ2v) is 5.95. The van der Waals surface area contributed by atoms with Crippen LogP contribution in [-0.4, -0.2) is 24.5 Å². The lowest BCUT2D eigenvalue weighted by molar-refractivity contribution is -0.146. The molecule has 0 aromatic heterocycles. The zero-order chi connectivity index (χ0) is 14.4. The van der Waals surface area contributed by atoms with Gasteiger partial charge in [-0.15, -0.1) is 0 Å². The van der Waals surface area contributed by atoms with E-state index in [1.807, 2.05) is 0 Å². The van der Waals surface area contributed by atoms with Crippen LogP contribution in [0.15, 0.2) is 0 Å². The number of primary amides is 1. The first-order valence-corrected chi connectivity index (χ1v) is 7.34. The summed E-state index contributed by atoms with van der Waals surface area (Å²) < 4.78 is 4.67. The van der Waals surface area contributed by atoms with E-state index >= 15 is 0 Å². The molecule has 0 aromatic rings. The number of nitrogens with two attached hydrogens (primary N) is 1. The molecule has 1 amide bonds. The van der Waals surface area contributed by atoms with Gasteiger partial charge in [0.1, 0.15) is 0 Å². The van der Waals surface area contributed by atoms with Gasteiger partial charge < -0.3 is 22.1 Å². The third kappa shape index (κ3) is 6.44. The van der Waals surface area contributed by atoms with Crippen LogP contribution in [0.2, 0.25) is 0 Å². The van der Waals surface area contributed by atoms with E-state index in [1.165, 1.54) is 32.8 Å². The van der Waals surface area contributed by atoms with E-state index in [0.29, 0.717) is 11.8 Å². The Labute approximate surface area is 127 Å². The van der Waals surface area contributed by atoms with Crippen molar-refractivity contribution in [2.75, 3.05) is 7.11 Å². The lowest BCUT2D eigenvalue weighted by atomic mass is 9.98. The van der Waals surface area contributed by atoms with Crippen LogP contribution < -0.4 is 11.9 Å². The highest BCUT2D eigenvalue weighted by Crippen LogP contribution is 2.31. The zero-order valence-corrected chi connectivity index (χ0v) is 13.6. The Morgan fingerprint density at radius 1 is 0.952 bits per heavy atom. The van der Waals surface area contributed by atoms with E-state index in [9.17, 15) is 9.59 Å². The number of carbonyl (C=O) groups excluding carboxylic acids is 2. The van der Waals surface area contributed by atoms with Crippen molar-refractivity contribution < 1.29 is 19.8 Å². The highest BCUT2D eigenvalue weighted by molar-refractivity contribution is 5.77. The van der Waals surface area contributed by atoms with Crippen molar-refractivity contribution in [1.29, 1.82) is 0 Å². The molecule has 6 nitrogen and oxygen atoms in total. The van der Waals surface area contributed by atoms with Crippen molar-refractivity contribution in [2.24, 2.45) is 29.4 Å². The molecule has 0 spiro atoms. The van der Waals surface area contributed by atoms with Crippen molar-refractivity contribution in [1.82, 2.24) is 6.15 Å². The van der Waals surface area contributed by atoms with Crippen molar-refractivity contribution in [3.63, 3.8) is 0 Å². The zero-order valence-electron chi connectivity index (χ0n) is 13.6. The van der Waals surface area contributed by atoms with Crippen LogP contribution in [0, 0.1) is 23.7 Å². The number of rotatable bonds is 2. The molecule has 4 unspecified atom stereocenters. The third-order valence-corrected chi connectivity index (χ3v) is 4.59. The van der Waals surface area contributed by atoms with Gasteiger partial charge in [0.2, 0.25) is 5.91 Å². The molecule has 0 radical (unpaired) electrons. The maximum Gasteiger partial charge on any atom is 0.308 e. The highest BCUT2D eigenvalue weighted by atomic mass is 16.5. The number of amides is 1. The largest absolute Gasteiger partial charge is 0.469 e. The molecule has 7 N–H and O–H groups in total. The Bertz CT molecular complexity index is 323. The summed E-state index contributed by atoms with van der Waals surface area (Å²) in [5, 5.41) is 0. The average molecular weight is 304 g/mol. The Hall–Kier alpha value is -1.14. The fraction of sp³-hybridized carbons (Fsp3) is 0.867. The SMILES string of the molecule is CC1CCCC1C(N)=O.COC(=O)C1CCCC1C.N.O. The minimum absolute atomic E-state index is 0. The second kappa shape index (κ2) is 10.6. The van der Waals surface area contributed by atoms with E-state index in [0.717, 1.165) is 12.8 Å². The van der Waals surface area contributed by atoms with E-state index < -0.39 is 0 Å². The quantitative estimate of drug-likeness (QED) is 0.752. The molecule has 126 valence electrons. The summed E-state index contributed by atoms with van der Waals surface area (Å²) in [6.45, 7) is 4.22. The Morgan fingerprint density at radius 3 is 1.62 bits per heavy atom. The molecule has 2 saturated carbocycles. The van der Waals surface area contributed by atoms with Crippen LogP contribution in [0.1, 0.15) is 52.4 Å². The van der Waals surface area contributed by atoms with Gasteiger partial charge in [-0.3, -0.25) is 9.59 Å². The molecule has 2 aliphatic carbocycles. The molecule has 2 aliphatic rings. The standard InChI is InChI=1S/C8H14O2.C7H13NO.H3N.H2O/c1-6-4-3-5-7(6)8(9)10-2;1-5-3-2-4-6(5)7(8)9;;/h6-7H,3-5H2,1-2H3;5-6H,2-4H2,1H3,(H2,8,9);1H3;1H2. The van der Waals surface area contributed by atoms with Gasteiger partial charge >= 0.3 is 5.97 Å². The summed E-state index contributed by atoms with van der Waals surface area (Å²) >= 11 is 0. The fourth-order valence-electron chi connectivity index (χ4n) is 3.22. The number of carbonyl (C=O) groups is 2. The number of hydrogen-bond donors (Lipinski definition) is 2. The fourth-order valence-corrected chi connectivity index (χ4v) is 3.22. The monoisotopic (exact) mass is 304 g/mol. The number of hydrogen-bond acceptors (Lipinski definition) is 4. The summed E-state index contributed by atoms with van der Waals surface area (Å²) in [4.78, 5) is 21.6. The number of ether oxygens (including phenoxy) is 1. The minimum Gasteiger partial charge on any atom is -0.469 e. The highest BCUT2D eigenvalue weighted by Gasteiger charge is 2.30. The second-order valence-electron chi connectivity index (χ2n) is 5.95. The Morgan fingerprint density at radius 2 is 1.38 bits per heavy atom. The smallest absolute Gasteiger partial charge is 0.308 e. The van der Waals surface area contributed by atoms with Gasteiger partial charge in [0.15, 0.2) is 0 Å². The van der Waals surface area contributed by atoms with Crippen LogP contribution >= 0.6 is 0 Å². The van der Waals surface area contributed by atoms with Crippen molar-refractivity contribution in [3.8, 4) is 0 Å². The Kier molecular flexibility index (Phi) is 11.1. The molecule has 0 heterocycles. The molecule has 2 fully saturated rings. The van der Waals surface area contributed by atoms with E-state index in [1.54, 1.807) is 0 Å². The molecule has 0 bridgehead atoms. The first-order valence-electron chi connectivity index (χ1n) is 7.34. The first-order chi connectivity index (χ1) is 8.97. The summed E-state index contributed by atoms with van der Waals surface area (Å²) in [6, 6.07) is 0. The van der Waals surface area contributed by atoms with Gasteiger partial charge in [0.05, 0.1) is 13.0 Å². The van der Waals surface area contributed by atoms with Gasteiger partial charge in [-0.2, -0.15) is 0 Å². The molecule has 0 aliphatic heterocycles. The predicted molar refractivity (Wildman–Crippen MR) is 82.9 cm³/mol. The summed E-state index contributed by atoms with van der Waals surface area (Å²) in [7, 11) is 1.47. The summed E-state index contributed by atoms with van der Waals surface area (Å²) in [6.07, 6.45) is 6.74. The molecule has 0 saturated heterocycles. The predicted octanol–water partition coefficient (Wildman–Crippen LogP) is 1.84. The van der Waals surface area contributed by atoms with Gasteiger partial charge in [0, 0.05) is 5.92 Å². The maximum atomic E-state index is 11.0. The topological polar surface area (TPSA) is 136 Å². The van der Waals surface area contributed by atoms with Crippen LogP contribution in [0.3, 0.4) is 0 Å². The van der Waals surface area contributed by atoms with Gasteiger partial charge in [-0.1, -0.05) is 26.7 Å². The maximum absolute atomic E-state index is 11.0. The number of esters is 1. The molecule has 21 heavy (non-hydrogen) atoms. The van der Waals surface area contributed by atoms with Crippen molar-refractivity contribution in [3.05, 3.63) is 0 Å². The molecular weight excluding hydrogens is 272 g/mol. The van der Waals surface area contributed by atoms with E-state index in [4.69, 9.17) is 5.73 Å². The lowest BCUT2D eigenvalue weighted by Crippen LogP contribution is -2.24. The first kappa shape index (κ1) is 22.1. The number of methoxy groups -OCH3 is 1. The van der Waals surface area contributed by atoms with Crippen molar-refractivity contribution >= 4 is 11.9 Å². The van der Waals surface area contributed by atoms with Crippen LogP contribution in [-0.2, 0) is 14.3 Å². The molecule has 2 rings (SSSR count). The molecular formula is C15H32N2O4.